The van der Waals surface area contributed by atoms with Gasteiger partial charge in [0.05, 0.1) is 0 Å². The average Bonchev–Trinajstić information content (AvgIpc) is 3.07. The third-order valence-electron chi connectivity index (χ3n) is 4.71. The van der Waals surface area contributed by atoms with E-state index in [-0.39, 0.29) is 12.5 Å². The molecule has 1 aliphatic heterocycles. The van der Waals surface area contributed by atoms with E-state index in [1.807, 2.05) is 6.92 Å². The van der Waals surface area contributed by atoms with Gasteiger partial charge in [-0.25, -0.2) is 13.2 Å². The van der Waals surface area contributed by atoms with Crippen molar-refractivity contribution >= 4 is 21.9 Å². The Balaban J connectivity index is 1.81. The van der Waals surface area contributed by atoms with Crippen LogP contribution >= 0.6 is 0 Å². The molecule has 1 saturated carbocycles. The van der Waals surface area contributed by atoms with E-state index in [4.69, 9.17) is 9.52 Å². The van der Waals surface area contributed by atoms with Crippen LogP contribution < -0.4 is 0 Å². The molecule has 1 atom stereocenters. The van der Waals surface area contributed by atoms with Gasteiger partial charge < -0.3 is 14.4 Å². The predicted molar refractivity (Wildman–Crippen MR) is 87.6 cm³/mol. The van der Waals surface area contributed by atoms with Crippen LogP contribution in [0.3, 0.4) is 0 Å². The van der Waals surface area contributed by atoms with E-state index >= 15 is 0 Å². The van der Waals surface area contributed by atoms with Crippen LogP contribution in [0, 0.1) is 5.92 Å². The number of carboxylic acids is 1. The first-order valence-electron chi connectivity index (χ1n) is 8.48. The fourth-order valence-corrected chi connectivity index (χ4v) is 4.73. The Hall–Kier alpha value is -1.87. The van der Waals surface area contributed by atoms with Gasteiger partial charge in [0.25, 0.3) is 10.0 Å². The second kappa shape index (κ2) is 6.80. The minimum atomic E-state index is -4.04. The molecule has 0 aromatic carbocycles. The first-order chi connectivity index (χ1) is 11.8. The molecule has 8 nitrogen and oxygen atoms in total. The molecule has 25 heavy (non-hydrogen) atoms. The summed E-state index contributed by atoms with van der Waals surface area (Å²) in [6.07, 6.45) is 3.27. The average molecular weight is 370 g/mol. The van der Waals surface area contributed by atoms with Gasteiger partial charge in [0.15, 0.2) is 0 Å². The number of aromatic carboxylic acids is 1. The van der Waals surface area contributed by atoms with Crippen molar-refractivity contribution < 1.29 is 27.5 Å². The molecule has 0 bridgehead atoms. The van der Waals surface area contributed by atoms with Gasteiger partial charge in [-0.2, -0.15) is 4.31 Å². The van der Waals surface area contributed by atoms with Crippen molar-refractivity contribution in [2.75, 3.05) is 19.6 Å². The number of amides is 1. The normalized spacial score (nSPS) is 21.4. The number of hydrogen-bond donors (Lipinski definition) is 1. The van der Waals surface area contributed by atoms with E-state index in [2.05, 4.69) is 0 Å². The van der Waals surface area contributed by atoms with E-state index in [1.54, 1.807) is 4.90 Å². The molecular weight excluding hydrogens is 348 g/mol. The van der Waals surface area contributed by atoms with E-state index in [0.29, 0.717) is 31.8 Å². The van der Waals surface area contributed by atoms with Crippen LogP contribution in [-0.4, -0.2) is 60.3 Å². The van der Waals surface area contributed by atoms with Crippen molar-refractivity contribution in [1.82, 2.24) is 9.21 Å². The van der Waals surface area contributed by atoms with Crippen LogP contribution in [-0.2, 0) is 14.8 Å². The molecule has 1 N–H and O–H groups in total. The molecule has 2 aliphatic rings. The quantitative estimate of drug-likeness (QED) is 0.777. The molecular formula is C16H22N2O6S. The van der Waals surface area contributed by atoms with Crippen molar-refractivity contribution in [3.63, 3.8) is 0 Å². The lowest BCUT2D eigenvalue weighted by Gasteiger charge is -2.28. The molecule has 1 amide bonds. The Morgan fingerprint density at radius 1 is 1.32 bits per heavy atom. The zero-order chi connectivity index (χ0) is 18.2. The van der Waals surface area contributed by atoms with Crippen molar-refractivity contribution in [1.29, 1.82) is 0 Å². The van der Waals surface area contributed by atoms with Gasteiger partial charge in [0, 0.05) is 19.6 Å². The highest BCUT2D eigenvalue weighted by atomic mass is 32.2. The summed E-state index contributed by atoms with van der Waals surface area (Å²) in [6, 6.07) is 1.48. The standard InChI is InChI=1S/C16H22N2O6S/c1-2-17(10-11-5-6-11)15(19)12-4-3-9-18(12)25(22,23)14-8-7-13(24-14)16(20)21/h7-8,11-12H,2-6,9-10H2,1H3,(H,20,21). The fraction of sp³-hybridized carbons (Fsp3) is 0.625. The van der Waals surface area contributed by atoms with Crippen LogP contribution in [0.15, 0.2) is 21.6 Å². The van der Waals surface area contributed by atoms with Gasteiger partial charge in [-0.3, -0.25) is 4.79 Å². The number of hydrogen-bond acceptors (Lipinski definition) is 5. The number of carboxylic acid groups (broad SMARTS) is 1. The van der Waals surface area contributed by atoms with Crippen molar-refractivity contribution in [3.8, 4) is 0 Å². The molecule has 1 aliphatic carbocycles. The number of likely N-dealkylation sites (N-methyl/N-ethyl adjacent to an activating group) is 1. The maximum atomic E-state index is 12.8. The molecule has 2 heterocycles. The number of rotatable bonds is 7. The van der Waals surface area contributed by atoms with Crippen LogP contribution in [0.5, 0.6) is 0 Å². The van der Waals surface area contributed by atoms with E-state index < -0.39 is 32.9 Å². The Morgan fingerprint density at radius 3 is 2.60 bits per heavy atom. The molecule has 1 unspecified atom stereocenters. The third kappa shape index (κ3) is 3.57. The minimum Gasteiger partial charge on any atom is -0.475 e. The molecule has 9 heteroatoms. The summed E-state index contributed by atoms with van der Waals surface area (Å²) in [5, 5.41) is 8.47. The fourth-order valence-electron chi connectivity index (χ4n) is 3.16. The van der Waals surface area contributed by atoms with Crippen LogP contribution in [0.1, 0.15) is 43.2 Å². The summed E-state index contributed by atoms with van der Waals surface area (Å²) in [4.78, 5) is 25.5. The number of carbonyl (C=O) groups excluding carboxylic acids is 1. The van der Waals surface area contributed by atoms with Gasteiger partial charge in [-0.05, 0) is 50.7 Å². The van der Waals surface area contributed by atoms with E-state index in [9.17, 15) is 18.0 Å². The molecule has 0 radical (unpaired) electrons. The highest BCUT2D eigenvalue weighted by Crippen LogP contribution is 2.32. The van der Waals surface area contributed by atoms with Gasteiger partial charge >= 0.3 is 5.97 Å². The summed E-state index contributed by atoms with van der Waals surface area (Å²) in [5.41, 5.74) is 0. The lowest BCUT2D eigenvalue weighted by molar-refractivity contribution is -0.134. The summed E-state index contributed by atoms with van der Waals surface area (Å²) >= 11 is 0. The smallest absolute Gasteiger partial charge is 0.371 e. The van der Waals surface area contributed by atoms with Crippen LogP contribution in [0.2, 0.25) is 0 Å². The highest BCUT2D eigenvalue weighted by Gasteiger charge is 2.43. The zero-order valence-electron chi connectivity index (χ0n) is 14.1. The number of sulfonamides is 1. The Labute approximate surface area is 146 Å². The Bertz CT molecular complexity index is 767. The van der Waals surface area contributed by atoms with Gasteiger partial charge in [-0.15, -0.1) is 0 Å². The first-order valence-corrected chi connectivity index (χ1v) is 9.92. The Kier molecular flexibility index (Phi) is 4.88. The zero-order valence-corrected chi connectivity index (χ0v) is 14.9. The summed E-state index contributed by atoms with van der Waals surface area (Å²) in [5.74, 6) is -1.43. The topological polar surface area (TPSA) is 108 Å². The predicted octanol–water partition coefficient (Wildman–Crippen LogP) is 1.39. The minimum absolute atomic E-state index is 0.180. The lowest BCUT2D eigenvalue weighted by atomic mass is 10.2. The van der Waals surface area contributed by atoms with E-state index in [0.717, 1.165) is 29.3 Å². The lowest BCUT2D eigenvalue weighted by Crippen LogP contribution is -2.48. The molecule has 2 fully saturated rings. The van der Waals surface area contributed by atoms with Crippen molar-refractivity contribution in [2.24, 2.45) is 5.92 Å². The number of furan rings is 1. The maximum absolute atomic E-state index is 12.8. The molecule has 1 saturated heterocycles. The Morgan fingerprint density at radius 2 is 2.04 bits per heavy atom. The molecule has 0 spiro atoms. The largest absolute Gasteiger partial charge is 0.475 e. The molecule has 1 aromatic rings. The summed E-state index contributed by atoms with van der Waals surface area (Å²) in [7, 11) is -4.04. The second-order valence-corrected chi connectivity index (χ2v) is 8.34. The van der Waals surface area contributed by atoms with Crippen molar-refractivity contribution in [3.05, 3.63) is 17.9 Å². The van der Waals surface area contributed by atoms with E-state index in [1.165, 1.54) is 0 Å². The third-order valence-corrected chi connectivity index (χ3v) is 6.50. The second-order valence-electron chi connectivity index (χ2n) is 6.52. The molecule has 1 aromatic heterocycles. The van der Waals surface area contributed by atoms with Gasteiger partial charge in [0.1, 0.15) is 6.04 Å². The summed E-state index contributed by atoms with van der Waals surface area (Å²) < 4.78 is 31.7. The maximum Gasteiger partial charge on any atom is 0.371 e. The molecule has 138 valence electrons. The van der Waals surface area contributed by atoms with Crippen LogP contribution in [0.4, 0.5) is 0 Å². The van der Waals surface area contributed by atoms with Gasteiger partial charge in [-0.1, -0.05) is 0 Å². The highest BCUT2D eigenvalue weighted by molar-refractivity contribution is 7.89. The van der Waals surface area contributed by atoms with Crippen molar-refractivity contribution in [2.45, 2.75) is 43.7 Å². The summed E-state index contributed by atoms with van der Waals surface area (Å²) in [6.45, 7) is 3.33. The van der Waals surface area contributed by atoms with Crippen LogP contribution in [0.25, 0.3) is 0 Å². The monoisotopic (exact) mass is 370 g/mol. The van der Waals surface area contributed by atoms with Gasteiger partial charge in [0.2, 0.25) is 16.8 Å². The first kappa shape index (κ1) is 17.9. The number of carbonyl (C=O) groups is 2. The number of nitrogens with zero attached hydrogens (tertiary/aromatic N) is 2. The molecule has 3 rings (SSSR count). The SMILES string of the molecule is CCN(CC1CC1)C(=O)C1CCCN1S(=O)(=O)c1ccc(C(=O)O)o1.